The summed E-state index contributed by atoms with van der Waals surface area (Å²) < 4.78 is 17.9. The van der Waals surface area contributed by atoms with Crippen LogP contribution >= 0.6 is 11.6 Å². The van der Waals surface area contributed by atoms with E-state index in [0.29, 0.717) is 0 Å². The van der Waals surface area contributed by atoms with Crippen molar-refractivity contribution in [2.75, 3.05) is 0 Å². The summed E-state index contributed by atoms with van der Waals surface area (Å²) >= 11 is 5.67. The molecule has 0 bridgehead atoms. The predicted molar refractivity (Wildman–Crippen MR) is 47.5 cm³/mol. The minimum absolute atomic E-state index is 0.0735. The molecule has 0 aliphatic heterocycles. The van der Waals surface area contributed by atoms with Crippen molar-refractivity contribution in [1.29, 1.82) is 0 Å². The average Bonchev–Trinajstić information content (AvgIpc) is 2.02. The lowest BCUT2D eigenvalue weighted by Gasteiger charge is -1.98. The van der Waals surface area contributed by atoms with Crippen molar-refractivity contribution < 1.29 is 8.81 Å². The van der Waals surface area contributed by atoms with Gasteiger partial charge in [-0.1, -0.05) is 17.7 Å². The number of fused-ring (bicyclic) bond motifs is 1. The Hall–Kier alpha value is -1.35. The number of hydrogen-bond acceptors (Lipinski definition) is 2. The molecule has 0 saturated heterocycles. The first-order valence-corrected chi connectivity index (χ1v) is 3.94. The van der Waals surface area contributed by atoms with Crippen molar-refractivity contribution in [2.45, 2.75) is 0 Å². The van der Waals surface area contributed by atoms with Gasteiger partial charge in [-0.2, -0.15) is 0 Å². The van der Waals surface area contributed by atoms with E-state index in [1.807, 2.05) is 0 Å². The summed E-state index contributed by atoms with van der Waals surface area (Å²) in [5.41, 5.74) is -0.416. The van der Waals surface area contributed by atoms with Crippen LogP contribution in [0.3, 0.4) is 0 Å². The van der Waals surface area contributed by atoms with Gasteiger partial charge < -0.3 is 4.42 Å². The third-order valence-corrected chi connectivity index (χ3v) is 1.97. The number of hydrogen-bond donors (Lipinski definition) is 0. The molecule has 0 atom stereocenters. The molecule has 0 radical (unpaired) electrons. The topological polar surface area (TPSA) is 30.2 Å². The highest BCUT2D eigenvalue weighted by Gasteiger charge is 2.07. The molecule has 1 heterocycles. The largest absolute Gasteiger partial charge is 0.423 e. The molecule has 0 aliphatic carbocycles. The molecule has 2 rings (SSSR count). The second-order valence-corrected chi connectivity index (χ2v) is 2.93. The molecule has 4 heteroatoms. The summed E-state index contributed by atoms with van der Waals surface area (Å²) in [7, 11) is 0. The average molecular weight is 199 g/mol. The molecule has 0 unspecified atom stereocenters. The highest BCUT2D eigenvalue weighted by molar-refractivity contribution is 6.35. The third kappa shape index (κ3) is 1.31. The minimum atomic E-state index is -0.580. The highest BCUT2D eigenvalue weighted by Crippen LogP contribution is 2.23. The van der Waals surface area contributed by atoms with Crippen molar-refractivity contribution in [3.05, 3.63) is 45.5 Å². The van der Waals surface area contributed by atoms with E-state index in [9.17, 15) is 9.18 Å². The van der Waals surface area contributed by atoms with E-state index in [1.165, 1.54) is 18.2 Å². The molecule has 0 amide bonds. The molecule has 0 fully saturated rings. The molecule has 0 aliphatic rings. The zero-order valence-electron chi connectivity index (χ0n) is 6.38. The summed E-state index contributed by atoms with van der Waals surface area (Å²) in [6.45, 7) is 0. The van der Waals surface area contributed by atoms with Gasteiger partial charge in [-0.25, -0.2) is 9.18 Å². The number of halogens is 2. The Morgan fingerprint density at radius 1 is 1.38 bits per heavy atom. The van der Waals surface area contributed by atoms with Gasteiger partial charge in [0.25, 0.3) is 0 Å². The van der Waals surface area contributed by atoms with Gasteiger partial charge in [0.05, 0.1) is 10.4 Å². The van der Waals surface area contributed by atoms with Crippen LogP contribution in [0.4, 0.5) is 4.39 Å². The van der Waals surface area contributed by atoms with E-state index in [-0.39, 0.29) is 16.0 Å². The number of rotatable bonds is 0. The quantitative estimate of drug-likeness (QED) is 0.609. The Morgan fingerprint density at radius 2 is 2.15 bits per heavy atom. The number of benzene rings is 1. The fourth-order valence-electron chi connectivity index (χ4n) is 1.13. The lowest BCUT2D eigenvalue weighted by Crippen LogP contribution is -1.96. The monoisotopic (exact) mass is 198 g/mol. The molecule has 1 aromatic heterocycles. The minimum Gasteiger partial charge on any atom is -0.423 e. The summed E-state index contributed by atoms with van der Waals surface area (Å²) in [5.74, 6) is -0.494. The Kier molecular flexibility index (Phi) is 1.81. The van der Waals surface area contributed by atoms with Crippen LogP contribution in [-0.2, 0) is 0 Å². The van der Waals surface area contributed by atoms with Crippen molar-refractivity contribution in [1.82, 2.24) is 0 Å². The van der Waals surface area contributed by atoms with Gasteiger partial charge >= 0.3 is 5.63 Å². The predicted octanol–water partition coefficient (Wildman–Crippen LogP) is 2.59. The van der Waals surface area contributed by atoms with Crippen LogP contribution in [0, 0.1) is 5.82 Å². The normalized spacial score (nSPS) is 10.6. The highest BCUT2D eigenvalue weighted by atomic mass is 35.5. The molecule has 2 nitrogen and oxygen atoms in total. The van der Waals surface area contributed by atoms with Crippen LogP contribution in [0.1, 0.15) is 0 Å². The maximum Gasteiger partial charge on any atom is 0.337 e. The molecule has 1 aromatic carbocycles. The fraction of sp³-hybridized carbons (Fsp3) is 0. The molecular formula is C9H4ClFO2. The van der Waals surface area contributed by atoms with Gasteiger partial charge in [-0.05, 0) is 12.1 Å². The van der Waals surface area contributed by atoms with E-state index >= 15 is 0 Å². The van der Waals surface area contributed by atoms with Crippen molar-refractivity contribution in [3.8, 4) is 0 Å². The molecule has 66 valence electrons. The smallest absolute Gasteiger partial charge is 0.337 e. The first-order valence-electron chi connectivity index (χ1n) is 3.56. The van der Waals surface area contributed by atoms with Crippen LogP contribution in [-0.4, -0.2) is 0 Å². The van der Waals surface area contributed by atoms with E-state index in [2.05, 4.69) is 0 Å². The zero-order valence-corrected chi connectivity index (χ0v) is 7.14. The molecule has 2 aromatic rings. The maximum absolute atomic E-state index is 13.1. The van der Waals surface area contributed by atoms with Gasteiger partial charge in [0, 0.05) is 6.07 Å². The van der Waals surface area contributed by atoms with E-state index in [0.717, 1.165) is 6.07 Å². The van der Waals surface area contributed by atoms with Crippen LogP contribution < -0.4 is 5.63 Å². The Labute approximate surface area is 77.5 Å². The van der Waals surface area contributed by atoms with Crippen LogP contribution in [0.2, 0.25) is 5.02 Å². The van der Waals surface area contributed by atoms with E-state index < -0.39 is 11.4 Å². The van der Waals surface area contributed by atoms with Gasteiger partial charge in [-0.3, -0.25) is 0 Å². The van der Waals surface area contributed by atoms with Gasteiger partial charge in [0.1, 0.15) is 11.4 Å². The van der Waals surface area contributed by atoms with Crippen molar-refractivity contribution >= 4 is 22.6 Å². The Balaban J connectivity index is 3.03. The zero-order chi connectivity index (χ0) is 9.42. The van der Waals surface area contributed by atoms with Crippen LogP contribution in [0.15, 0.2) is 33.5 Å². The SMILES string of the molecule is O=c1cc(Cl)c2c(F)cccc2o1. The second kappa shape index (κ2) is 2.85. The second-order valence-electron chi connectivity index (χ2n) is 2.53. The Morgan fingerprint density at radius 3 is 2.92 bits per heavy atom. The van der Waals surface area contributed by atoms with Crippen LogP contribution in [0.25, 0.3) is 11.0 Å². The summed E-state index contributed by atoms with van der Waals surface area (Å²) in [4.78, 5) is 10.8. The van der Waals surface area contributed by atoms with Crippen molar-refractivity contribution in [2.24, 2.45) is 0 Å². The first kappa shape index (κ1) is 8.26. The van der Waals surface area contributed by atoms with Gasteiger partial charge in [0.15, 0.2) is 0 Å². The lowest BCUT2D eigenvalue weighted by atomic mass is 10.2. The van der Waals surface area contributed by atoms with Gasteiger partial charge in [0.2, 0.25) is 0 Å². The standard InChI is InChI=1S/C9H4ClFO2/c10-5-4-8(12)13-7-3-1-2-6(11)9(5)7/h1-4H. The van der Waals surface area contributed by atoms with Crippen molar-refractivity contribution in [3.63, 3.8) is 0 Å². The fourth-order valence-corrected chi connectivity index (χ4v) is 1.41. The Bertz CT molecular complexity index is 518. The molecule has 0 saturated carbocycles. The maximum atomic E-state index is 13.1. The summed E-state index contributed by atoms with van der Waals surface area (Å²) in [6.07, 6.45) is 0. The molecule has 0 N–H and O–H groups in total. The van der Waals surface area contributed by atoms with Gasteiger partial charge in [-0.15, -0.1) is 0 Å². The first-order chi connectivity index (χ1) is 6.18. The lowest BCUT2D eigenvalue weighted by molar-refractivity contribution is 0.556. The summed E-state index contributed by atoms with van der Waals surface area (Å²) in [6, 6.07) is 5.25. The van der Waals surface area contributed by atoms with E-state index in [1.54, 1.807) is 0 Å². The van der Waals surface area contributed by atoms with Crippen LogP contribution in [0.5, 0.6) is 0 Å². The summed E-state index contributed by atoms with van der Waals surface area (Å²) in [5, 5.41) is 0.216. The van der Waals surface area contributed by atoms with E-state index in [4.69, 9.17) is 16.0 Å². The molecular weight excluding hydrogens is 195 g/mol. The third-order valence-electron chi connectivity index (χ3n) is 1.67. The molecule has 0 spiro atoms. The molecule has 13 heavy (non-hydrogen) atoms.